The molecule has 0 aromatic rings. The first-order valence-electron chi connectivity index (χ1n) is 17.9. The van der Waals surface area contributed by atoms with E-state index in [0.717, 1.165) is 27.9 Å². The van der Waals surface area contributed by atoms with Gasteiger partial charge in [0, 0.05) is 68.3 Å². The molecule has 14 heteroatoms. The van der Waals surface area contributed by atoms with Crippen LogP contribution in [0.4, 0.5) is 0 Å². The normalized spacial score (nSPS) is 14.7. The molecule has 4 rings (SSSR count). The van der Waals surface area contributed by atoms with Crippen molar-refractivity contribution in [1.29, 1.82) is 0 Å². The van der Waals surface area contributed by atoms with Gasteiger partial charge in [0.05, 0.1) is 19.6 Å². The highest BCUT2D eigenvalue weighted by Gasteiger charge is 2.26. The van der Waals surface area contributed by atoms with Crippen molar-refractivity contribution in [3.63, 3.8) is 0 Å². The quantitative estimate of drug-likeness (QED) is 0.154. The van der Waals surface area contributed by atoms with Gasteiger partial charge in [-0.25, -0.2) is 4.79 Å². The molecule has 4 N–H and O–H groups in total. The zero-order chi connectivity index (χ0) is 40.6. The summed E-state index contributed by atoms with van der Waals surface area (Å²) in [5.74, 6) is -1.13. The number of Topliss-reactive ketones (excluding diaryl/α,β-unsaturated/α-hetero) is 2. The summed E-state index contributed by atoms with van der Waals surface area (Å²) in [6, 6.07) is 0. The molecule has 294 valence electrons. The highest BCUT2D eigenvalue weighted by Crippen LogP contribution is 2.31. The van der Waals surface area contributed by atoms with E-state index in [1.807, 2.05) is 53.7 Å². The minimum atomic E-state index is -0.816. The summed E-state index contributed by atoms with van der Waals surface area (Å²) in [5, 5.41) is 14.3. The van der Waals surface area contributed by atoms with Crippen LogP contribution in [0.2, 0.25) is 0 Å². The van der Waals surface area contributed by atoms with Crippen LogP contribution < -0.4 is 11.1 Å². The molecule has 1 amide bonds. The first kappa shape index (κ1) is 53.3. The molecule has 0 saturated heterocycles. The molecule has 0 saturated carbocycles. The second-order valence-electron chi connectivity index (χ2n) is 10.2. The highest BCUT2D eigenvalue weighted by molar-refractivity contribution is 7.23. The van der Waals surface area contributed by atoms with Gasteiger partial charge >= 0.3 is 17.9 Å². The summed E-state index contributed by atoms with van der Waals surface area (Å²) < 4.78 is 9.35. The number of hydrogen-bond donors (Lipinski definition) is 3. The molecule has 3 aliphatic carbocycles. The van der Waals surface area contributed by atoms with Crippen molar-refractivity contribution in [2.75, 3.05) is 26.3 Å². The van der Waals surface area contributed by atoms with Crippen LogP contribution in [-0.4, -0.2) is 66.8 Å². The Bertz CT molecular complexity index is 1350. The minimum Gasteiger partial charge on any atom is -0.478 e. The lowest BCUT2D eigenvalue weighted by Crippen LogP contribution is -2.24. The van der Waals surface area contributed by atoms with E-state index in [1.165, 1.54) is 0 Å². The van der Waals surface area contributed by atoms with Crippen LogP contribution in [0.3, 0.4) is 0 Å². The van der Waals surface area contributed by atoms with Crippen molar-refractivity contribution in [3.05, 3.63) is 68.6 Å². The van der Waals surface area contributed by atoms with Gasteiger partial charge in [-0.3, -0.25) is 24.0 Å². The van der Waals surface area contributed by atoms with Crippen LogP contribution in [0, 0.1) is 0 Å². The van der Waals surface area contributed by atoms with Crippen molar-refractivity contribution in [2.24, 2.45) is 5.73 Å². The fraction of sp³-hybridized carbons (Fsp3) is 0.526. The number of carbonyl (C=O) groups is 6. The Balaban J connectivity index is -0.000000604. The predicted molar refractivity (Wildman–Crippen MR) is 221 cm³/mol. The molecule has 1 aliphatic heterocycles. The predicted octanol–water partition coefficient (Wildman–Crippen LogP) is 7.05. The maximum absolute atomic E-state index is 11.7. The Morgan fingerprint density at radius 2 is 1.25 bits per heavy atom. The number of esters is 2. The molecule has 0 bridgehead atoms. The third-order valence-corrected chi connectivity index (χ3v) is 7.57. The maximum Gasteiger partial charge on any atom is 0.331 e. The van der Waals surface area contributed by atoms with Gasteiger partial charge in [-0.15, -0.1) is 27.7 Å². The average Bonchev–Trinajstić information content (AvgIpc) is 3.86. The summed E-state index contributed by atoms with van der Waals surface area (Å²) in [6.07, 6.45) is 13.0. The van der Waals surface area contributed by atoms with Gasteiger partial charge in [-0.1, -0.05) is 65.8 Å². The van der Waals surface area contributed by atoms with Crippen molar-refractivity contribution in [1.82, 2.24) is 5.32 Å². The van der Waals surface area contributed by atoms with E-state index < -0.39 is 5.97 Å². The van der Waals surface area contributed by atoms with Crippen LogP contribution >= 0.6 is 27.7 Å². The van der Waals surface area contributed by atoms with Gasteiger partial charge < -0.3 is 25.6 Å². The van der Waals surface area contributed by atoms with Crippen LogP contribution in [0.1, 0.15) is 107 Å². The zero-order valence-electron chi connectivity index (χ0n) is 32.4. The number of nitrogens with one attached hydrogen (secondary N) is 1. The molecule has 0 fully saturated rings. The molecule has 0 aromatic heterocycles. The largest absolute Gasteiger partial charge is 0.478 e. The fourth-order valence-electron chi connectivity index (χ4n) is 4.17. The van der Waals surface area contributed by atoms with Crippen molar-refractivity contribution in [2.45, 2.75) is 107 Å². The van der Waals surface area contributed by atoms with Gasteiger partial charge in [0.1, 0.15) is 0 Å². The smallest absolute Gasteiger partial charge is 0.331 e. The van der Waals surface area contributed by atoms with E-state index in [0.29, 0.717) is 88.0 Å². The molecule has 0 radical (unpaired) electrons. The number of rotatable bonds is 10. The number of carboxylic acid groups (broad SMARTS) is 1. The molecule has 3 unspecified atom stereocenters. The topological polar surface area (TPSA) is 179 Å². The Morgan fingerprint density at radius 3 is 1.67 bits per heavy atom. The molecule has 0 spiro atoms. The van der Waals surface area contributed by atoms with Crippen LogP contribution in [-0.2, 0) is 38.2 Å². The molecule has 52 heavy (non-hydrogen) atoms. The van der Waals surface area contributed by atoms with Gasteiger partial charge in [-0.2, -0.15) is 0 Å². The van der Waals surface area contributed by atoms with Gasteiger partial charge in [-0.05, 0) is 47.9 Å². The Labute approximate surface area is 318 Å². The number of ether oxygens (including phenoxy) is 2. The Morgan fingerprint density at radius 1 is 0.750 bits per heavy atom. The summed E-state index contributed by atoms with van der Waals surface area (Å²) in [7, 11) is 7.63. The van der Waals surface area contributed by atoms with Gasteiger partial charge in [0.15, 0.2) is 11.6 Å². The van der Waals surface area contributed by atoms with E-state index in [2.05, 4.69) is 37.8 Å². The molecule has 0 aromatic carbocycles. The van der Waals surface area contributed by atoms with E-state index >= 15 is 0 Å². The monoisotopic (exact) mass is 784 g/mol. The van der Waals surface area contributed by atoms with Gasteiger partial charge in [0.25, 0.3) is 0 Å². The number of nitrogens with two attached hydrogens (primary N) is 1. The fourth-order valence-corrected chi connectivity index (χ4v) is 5.18. The highest BCUT2D eigenvalue weighted by atomic mass is 31.0. The third kappa shape index (κ3) is 24.2. The van der Waals surface area contributed by atoms with Crippen molar-refractivity contribution >= 4 is 63.1 Å². The molecule has 1 heterocycles. The lowest BCUT2D eigenvalue weighted by atomic mass is 10.1. The number of amides is 1. The Kier molecular flexibility index (Phi) is 34.5. The van der Waals surface area contributed by atoms with Gasteiger partial charge in [0.2, 0.25) is 5.91 Å². The first-order valence-corrected chi connectivity index (χ1v) is 19.6. The van der Waals surface area contributed by atoms with E-state index in [4.69, 9.17) is 15.6 Å². The lowest BCUT2D eigenvalue weighted by Gasteiger charge is -2.03. The van der Waals surface area contributed by atoms with E-state index in [1.54, 1.807) is 32.1 Å². The maximum atomic E-state index is 11.7. The summed E-state index contributed by atoms with van der Waals surface area (Å²) in [6.45, 7) is 17.2. The summed E-state index contributed by atoms with van der Waals surface area (Å²) in [5.41, 5.74) is 7.62. The standard InChI is InChI=1S/C12H17O3P.C9H10NO2P.C6H7O2P.C5H11NO2.3C2H6/c1-2-15-12(14)5-3-4-11(13)9-6-7-10(16)8-9;11-8-1-2-10-9(12)7-4-5(13)3-6(7)8;7-6(8)4-1-2-5(9)3-4;1-2-8-5(7)3-4-6;3*1-2/h6-7H,2-5,8,16H2,1H3;3H,1-2,4,13H2,(H,10,12);1-2H,3,9H2,(H,7,8);2-4,6H2,1H3;3*1-2H3. The SMILES string of the molecule is CC.CC.CC.CCOC(=O)CCCC(=O)C1=CC=C(P)C1.CCOC(=O)CCN.O=C(O)C1=CC=C(P)C1.O=C1CCNC(=O)C2=C1C=C(P)C2. The number of carboxylic acids is 1. The molecule has 3 atom stereocenters. The number of allylic oxidation sites excluding steroid dienone is 10. The van der Waals surface area contributed by atoms with E-state index in [9.17, 15) is 28.8 Å². The zero-order valence-corrected chi connectivity index (χ0v) is 35.9. The third-order valence-electron chi connectivity index (χ3n) is 6.41. The van der Waals surface area contributed by atoms with Crippen molar-refractivity contribution < 1.29 is 43.3 Å². The van der Waals surface area contributed by atoms with Crippen LogP contribution in [0.15, 0.2) is 68.6 Å². The number of hydrogen-bond acceptors (Lipinski definition) is 9. The average molecular weight is 785 g/mol. The summed E-state index contributed by atoms with van der Waals surface area (Å²) in [4.78, 5) is 66.2. The van der Waals surface area contributed by atoms with E-state index in [-0.39, 0.29) is 29.4 Å². The van der Waals surface area contributed by atoms with Crippen molar-refractivity contribution in [3.8, 4) is 0 Å². The second-order valence-corrected chi connectivity index (χ2v) is 12.4. The number of ketones is 2. The van der Waals surface area contributed by atoms with Crippen LogP contribution in [0.5, 0.6) is 0 Å². The molecule has 11 nitrogen and oxygen atoms in total. The molecule has 4 aliphatic rings. The molecular formula is C38H63N2O9P3. The second kappa shape index (κ2) is 33.7. The number of aliphatic carboxylic acids is 1. The lowest BCUT2D eigenvalue weighted by molar-refractivity contribution is -0.144. The molecular weight excluding hydrogens is 721 g/mol. The number of carbonyl (C=O) groups excluding carboxylic acids is 5. The Hall–Kier alpha value is -3.09. The summed E-state index contributed by atoms with van der Waals surface area (Å²) >= 11 is 0. The van der Waals surface area contributed by atoms with Crippen LogP contribution in [0.25, 0.3) is 0 Å². The first-order chi connectivity index (χ1) is 24.8. The minimum absolute atomic E-state index is 0.0748.